The first-order valence-electron chi connectivity index (χ1n) is 11.5. The predicted octanol–water partition coefficient (Wildman–Crippen LogP) is 3.41. The molecule has 0 spiro atoms. The maximum Gasteiger partial charge on any atom is 0.416 e. The highest BCUT2D eigenvalue weighted by Crippen LogP contribution is 2.64. The van der Waals surface area contributed by atoms with Crippen LogP contribution >= 0.6 is 0 Å². The quantitative estimate of drug-likeness (QED) is 0.572. The average Bonchev–Trinajstić information content (AvgIpc) is 3.15. The van der Waals surface area contributed by atoms with Gasteiger partial charge in [0.15, 0.2) is 0 Å². The molecule has 1 aliphatic carbocycles. The molecule has 3 aliphatic rings. The van der Waals surface area contributed by atoms with Gasteiger partial charge in [-0.1, -0.05) is 6.92 Å². The minimum Gasteiger partial charge on any atom is -0.493 e. The fourth-order valence-corrected chi connectivity index (χ4v) is 5.86. The number of fused-ring (bicyclic) bond motifs is 4. The summed E-state index contributed by atoms with van der Waals surface area (Å²) in [6, 6.07) is 6.83. The normalized spacial score (nSPS) is 24.9. The van der Waals surface area contributed by atoms with Crippen LogP contribution in [0.3, 0.4) is 0 Å². The molecule has 0 bridgehead atoms. The van der Waals surface area contributed by atoms with Crippen molar-refractivity contribution in [3.05, 3.63) is 75.7 Å². The van der Waals surface area contributed by atoms with E-state index >= 15 is 0 Å². The zero-order chi connectivity index (χ0) is 24.7. The van der Waals surface area contributed by atoms with Crippen LogP contribution in [-0.4, -0.2) is 44.6 Å². The second kappa shape index (κ2) is 7.22. The van der Waals surface area contributed by atoms with Crippen LogP contribution < -0.4 is 10.3 Å². The zero-order valence-corrected chi connectivity index (χ0v) is 19.2. The fourth-order valence-electron chi connectivity index (χ4n) is 5.86. The van der Waals surface area contributed by atoms with Gasteiger partial charge in [0.25, 0.3) is 11.5 Å². The van der Waals surface area contributed by atoms with E-state index in [9.17, 15) is 22.8 Å². The second-order valence-electron chi connectivity index (χ2n) is 9.66. The highest BCUT2D eigenvalue weighted by molar-refractivity contribution is 5.93. The molecule has 1 amide bonds. The molecular formula is C25H23F3N4O3. The summed E-state index contributed by atoms with van der Waals surface area (Å²) < 4.78 is 49.2. The van der Waals surface area contributed by atoms with Gasteiger partial charge < -0.3 is 18.8 Å². The lowest BCUT2D eigenvalue weighted by Crippen LogP contribution is -2.48. The number of ether oxygens (including phenoxy) is 1. The van der Waals surface area contributed by atoms with Gasteiger partial charge in [0.2, 0.25) is 0 Å². The average molecular weight is 484 g/mol. The number of halogens is 3. The van der Waals surface area contributed by atoms with E-state index in [1.807, 2.05) is 13.8 Å². The van der Waals surface area contributed by atoms with Crippen molar-refractivity contribution in [2.24, 2.45) is 11.8 Å². The van der Waals surface area contributed by atoms with E-state index in [-0.39, 0.29) is 35.5 Å². The minimum absolute atomic E-state index is 0.0299. The largest absolute Gasteiger partial charge is 0.493 e. The molecule has 0 N–H and O–H groups in total. The van der Waals surface area contributed by atoms with Crippen molar-refractivity contribution >= 4 is 5.91 Å². The number of amides is 1. The molecule has 2 aromatic heterocycles. The maximum atomic E-state index is 13.5. The molecule has 3 atom stereocenters. The zero-order valence-electron chi connectivity index (χ0n) is 19.2. The molecule has 1 saturated carbocycles. The molecule has 1 fully saturated rings. The SMILES string of the molecule is Cc1cn(-c2ccc3n(c2=O)CCN(C[C@@]24c5cc(C(F)(F)F)ccc5OC[C@@H]2[C@H]4C)C3=O)cn1. The van der Waals surface area contributed by atoms with E-state index in [0.717, 1.165) is 11.8 Å². The number of imidazole rings is 1. The Morgan fingerprint density at radius 2 is 1.97 bits per heavy atom. The van der Waals surface area contributed by atoms with Crippen LogP contribution in [0.15, 0.2) is 47.7 Å². The van der Waals surface area contributed by atoms with Crippen molar-refractivity contribution in [2.45, 2.75) is 32.0 Å². The Bertz CT molecular complexity index is 1430. The van der Waals surface area contributed by atoms with Gasteiger partial charge in [0, 0.05) is 42.7 Å². The topological polar surface area (TPSA) is 69.4 Å². The number of rotatable bonds is 3. The number of carbonyl (C=O) groups is 1. The number of aromatic nitrogens is 3. The van der Waals surface area contributed by atoms with Crippen molar-refractivity contribution in [2.75, 3.05) is 19.7 Å². The van der Waals surface area contributed by atoms with Gasteiger partial charge in [-0.25, -0.2) is 4.98 Å². The number of nitrogens with zero attached hydrogens (tertiary/aromatic N) is 4. The summed E-state index contributed by atoms with van der Waals surface area (Å²) in [5.74, 6) is 0.243. The standard InChI is InChI=1S/C25H23F3N4O3/c1-14-10-31(13-29-14)19-4-5-20-22(33)30(7-8-32(20)23(19)34)12-24-15(2)18(24)11-35-21-6-3-16(9-17(21)24)25(26,27)28/h3-6,9-10,13,15,18H,7-8,11-12H2,1-2H3/t15-,18-,24-/m1/s1. The van der Waals surface area contributed by atoms with E-state index < -0.39 is 17.2 Å². The van der Waals surface area contributed by atoms with E-state index in [0.29, 0.717) is 36.7 Å². The summed E-state index contributed by atoms with van der Waals surface area (Å²) in [7, 11) is 0. The first-order valence-corrected chi connectivity index (χ1v) is 11.5. The Kier molecular flexibility index (Phi) is 4.53. The Morgan fingerprint density at radius 1 is 1.17 bits per heavy atom. The number of carbonyl (C=O) groups excluding carboxylic acids is 1. The van der Waals surface area contributed by atoms with Crippen molar-refractivity contribution in [1.82, 2.24) is 19.0 Å². The molecule has 182 valence electrons. The summed E-state index contributed by atoms with van der Waals surface area (Å²) >= 11 is 0. The monoisotopic (exact) mass is 484 g/mol. The summed E-state index contributed by atoms with van der Waals surface area (Å²) in [6.45, 7) is 5.12. The molecule has 0 radical (unpaired) electrons. The van der Waals surface area contributed by atoms with Gasteiger partial charge in [-0.05, 0) is 43.2 Å². The van der Waals surface area contributed by atoms with E-state index in [4.69, 9.17) is 4.74 Å². The van der Waals surface area contributed by atoms with Gasteiger partial charge in [-0.15, -0.1) is 0 Å². The molecular weight excluding hydrogens is 461 g/mol. The lowest BCUT2D eigenvalue weighted by atomic mass is 9.87. The van der Waals surface area contributed by atoms with Crippen LogP contribution in [0.1, 0.15) is 34.2 Å². The molecule has 2 aliphatic heterocycles. The third kappa shape index (κ3) is 3.15. The van der Waals surface area contributed by atoms with Crippen LogP contribution in [0.4, 0.5) is 13.2 Å². The molecule has 7 nitrogen and oxygen atoms in total. The molecule has 6 rings (SSSR count). The fraction of sp³-hybridized carbons (Fsp3) is 0.400. The molecule has 10 heteroatoms. The Labute approximate surface area is 198 Å². The van der Waals surface area contributed by atoms with Crippen molar-refractivity contribution in [3.8, 4) is 11.4 Å². The molecule has 0 saturated heterocycles. The minimum atomic E-state index is -4.46. The van der Waals surface area contributed by atoms with Crippen LogP contribution in [0.5, 0.6) is 5.75 Å². The highest BCUT2D eigenvalue weighted by Gasteiger charge is 2.67. The van der Waals surface area contributed by atoms with E-state index in [2.05, 4.69) is 4.98 Å². The number of pyridine rings is 1. The van der Waals surface area contributed by atoms with Crippen LogP contribution in [0.25, 0.3) is 5.69 Å². The maximum absolute atomic E-state index is 13.5. The molecule has 1 aromatic carbocycles. The van der Waals surface area contributed by atoms with Crippen LogP contribution in [0, 0.1) is 18.8 Å². The summed E-state index contributed by atoms with van der Waals surface area (Å²) in [6.07, 6.45) is -1.17. The van der Waals surface area contributed by atoms with Crippen molar-refractivity contribution in [3.63, 3.8) is 0 Å². The van der Waals surface area contributed by atoms with Crippen LogP contribution in [0.2, 0.25) is 0 Å². The number of aryl methyl sites for hydroxylation is 1. The van der Waals surface area contributed by atoms with Crippen LogP contribution in [-0.2, 0) is 18.1 Å². The molecule has 4 heterocycles. The Morgan fingerprint density at radius 3 is 2.69 bits per heavy atom. The van der Waals surface area contributed by atoms with Gasteiger partial charge in [0.05, 0.1) is 24.2 Å². The van der Waals surface area contributed by atoms with E-state index in [1.165, 1.54) is 16.7 Å². The number of alkyl halides is 3. The van der Waals surface area contributed by atoms with E-state index in [1.54, 1.807) is 34.1 Å². The number of hydrogen-bond donors (Lipinski definition) is 0. The molecule has 35 heavy (non-hydrogen) atoms. The Hall–Kier alpha value is -3.56. The highest BCUT2D eigenvalue weighted by atomic mass is 19.4. The van der Waals surface area contributed by atoms with Gasteiger partial charge in [0.1, 0.15) is 17.1 Å². The molecule has 3 aromatic rings. The third-order valence-electron chi connectivity index (χ3n) is 7.89. The number of hydrogen-bond acceptors (Lipinski definition) is 4. The Balaban J connectivity index is 1.34. The first kappa shape index (κ1) is 21.9. The molecule has 0 unspecified atom stereocenters. The lowest BCUT2D eigenvalue weighted by molar-refractivity contribution is -0.137. The first-order chi connectivity index (χ1) is 16.6. The predicted molar refractivity (Wildman–Crippen MR) is 120 cm³/mol. The van der Waals surface area contributed by atoms with Gasteiger partial charge >= 0.3 is 6.18 Å². The van der Waals surface area contributed by atoms with Crippen molar-refractivity contribution in [1.29, 1.82) is 0 Å². The van der Waals surface area contributed by atoms with Gasteiger partial charge in [-0.2, -0.15) is 13.2 Å². The second-order valence-corrected chi connectivity index (χ2v) is 9.66. The van der Waals surface area contributed by atoms with Gasteiger partial charge in [-0.3, -0.25) is 9.59 Å². The number of benzene rings is 1. The summed E-state index contributed by atoms with van der Waals surface area (Å²) in [5, 5.41) is 0. The smallest absolute Gasteiger partial charge is 0.416 e. The third-order valence-corrected chi connectivity index (χ3v) is 7.89. The summed E-state index contributed by atoms with van der Waals surface area (Å²) in [5.41, 5.74) is 0.367. The summed E-state index contributed by atoms with van der Waals surface area (Å²) in [4.78, 5) is 32.4. The van der Waals surface area contributed by atoms with Crippen molar-refractivity contribution < 1.29 is 22.7 Å². The lowest BCUT2D eigenvalue weighted by Gasteiger charge is -2.35.